The summed E-state index contributed by atoms with van der Waals surface area (Å²) in [6, 6.07) is 9.47. The van der Waals surface area contributed by atoms with Crippen molar-refractivity contribution >= 4 is 17.3 Å². The fraction of sp³-hybridized carbons (Fsp3) is 0.200. The van der Waals surface area contributed by atoms with Crippen LogP contribution in [-0.2, 0) is 11.3 Å². The second-order valence-electron chi connectivity index (χ2n) is 4.68. The number of hydrogen-bond donors (Lipinski definition) is 2. The second kappa shape index (κ2) is 6.06. The molecule has 104 valence electrons. The van der Waals surface area contributed by atoms with Gasteiger partial charge in [-0.3, -0.25) is 9.78 Å². The molecule has 0 unspecified atom stereocenters. The van der Waals surface area contributed by atoms with E-state index in [9.17, 15) is 4.79 Å². The third-order valence-electron chi connectivity index (χ3n) is 3.09. The first-order chi connectivity index (χ1) is 9.58. The molecule has 5 nitrogen and oxygen atoms in total. The van der Waals surface area contributed by atoms with Crippen molar-refractivity contribution in [3.05, 3.63) is 53.9 Å². The van der Waals surface area contributed by atoms with E-state index < -0.39 is 0 Å². The molecular formula is C15H18N4O. The number of hydrogen-bond acceptors (Lipinski definition) is 4. The van der Waals surface area contributed by atoms with Gasteiger partial charge in [0.15, 0.2) is 0 Å². The fourth-order valence-electron chi connectivity index (χ4n) is 2.12. The summed E-state index contributed by atoms with van der Waals surface area (Å²) in [6.07, 6.45) is 3.46. The molecule has 5 heteroatoms. The minimum atomic E-state index is -0.379. The van der Waals surface area contributed by atoms with Crippen LogP contribution < -0.4 is 16.4 Å². The van der Waals surface area contributed by atoms with Gasteiger partial charge < -0.3 is 16.4 Å². The number of aromatic nitrogens is 1. The molecule has 0 aliphatic rings. The number of aryl methyl sites for hydroxylation is 1. The third kappa shape index (κ3) is 3.26. The molecule has 0 aliphatic heterocycles. The summed E-state index contributed by atoms with van der Waals surface area (Å²) in [5.41, 5.74) is 14.9. The van der Waals surface area contributed by atoms with Crippen molar-refractivity contribution in [1.82, 2.24) is 4.98 Å². The van der Waals surface area contributed by atoms with Gasteiger partial charge in [0, 0.05) is 30.3 Å². The summed E-state index contributed by atoms with van der Waals surface area (Å²) in [6.45, 7) is 2.62. The molecule has 2 aromatic rings. The predicted octanol–water partition coefficient (Wildman–Crippen LogP) is 1.46. The number of amides is 1. The molecule has 4 N–H and O–H groups in total. The van der Waals surface area contributed by atoms with Crippen LogP contribution in [0, 0.1) is 6.92 Å². The molecule has 20 heavy (non-hydrogen) atoms. The smallest absolute Gasteiger partial charge is 0.236 e. The summed E-state index contributed by atoms with van der Waals surface area (Å²) in [5, 5.41) is 0. The Morgan fingerprint density at radius 2 is 2.05 bits per heavy atom. The van der Waals surface area contributed by atoms with E-state index in [2.05, 4.69) is 4.98 Å². The highest BCUT2D eigenvalue weighted by atomic mass is 16.1. The van der Waals surface area contributed by atoms with E-state index in [4.69, 9.17) is 11.5 Å². The number of carbonyl (C=O) groups is 1. The van der Waals surface area contributed by atoms with Gasteiger partial charge in [-0.25, -0.2) is 0 Å². The Morgan fingerprint density at radius 1 is 1.30 bits per heavy atom. The quantitative estimate of drug-likeness (QED) is 0.805. The van der Waals surface area contributed by atoms with E-state index in [-0.39, 0.29) is 12.5 Å². The lowest BCUT2D eigenvalue weighted by atomic mass is 10.1. The number of nitrogens with two attached hydrogens (primary N) is 2. The molecule has 0 fully saturated rings. The van der Waals surface area contributed by atoms with E-state index in [1.807, 2.05) is 42.2 Å². The standard InChI is InChI=1S/C15H18N4O/c1-11-8-18-7-6-14(11)19(10-15(17)20)9-12-4-2-3-5-13(12)16/h2-8H,9-10,16H2,1H3,(H2,17,20). The molecule has 1 aromatic heterocycles. The Bertz CT molecular complexity index is 612. The second-order valence-corrected chi connectivity index (χ2v) is 4.68. The zero-order valence-electron chi connectivity index (χ0n) is 11.4. The Kier molecular flexibility index (Phi) is 4.20. The minimum absolute atomic E-state index is 0.138. The van der Waals surface area contributed by atoms with Crippen molar-refractivity contribution in [1.29, 1.82) is 0 Å². The van der Waals surface area contributed by atoms with Gasteiger partial charge in [-0.15, -0.1) is 0 Å². The lowest BCUT2D eigenvalue weighted by Crippen LogP contribution is -2.34. The molecule has 0 bridgehead atoms. The van der Waals surface area contributed by atoms with Gasteiger partial charge in [-0.2, -0.15) is 0 Å². The molecule has 1 heterocycles. The molecule has 0 radical (unpaired) electrons. The van der Waals surface area contributed by atoms with E-state index in [1.165, 1.54) is 0 Å². The summed E-state index contributed by atoms with van der Waals surface area (Å²) in [7, 11) is 0. The van der Waals surface area contributed by atoms with Crippen LogP contribution in [0.15, 0.2) is 42.7 Å². The largest absolute Gasteiger partial charge is 0.398 e. The SMILES string of the molecule is Cc1cnccc1N(CC(N)=O)Cc1ccccc1N. The van der Waals surface area contributed by atoms with Crippen LogP contribution in [0.3, 0.4) is 0 Å². The normalized spacial score (nSPS) is 10.2. The molecule has 2 rings (SSSR count). The molecule has 1 aromatic carbocycles. The summed E-state index contributed by atoms with van der Waals surface area (Å²) >= 11 is 0. The number of rotatable bonds is 5. The Morgan fingerprint density at radius 3 is 2.70 bits per heavy atom. The average molecular weight is 270 g/mol. The first kappa shape index (κ1) is 13.9. The molecule has 0 atom stereocenters. The first-order valence-corrected chi connectivity index (χ1v) is 6.35. The molecule has 0 aliphatic carbocycles. The highest BCUT2D eigenvalue weighted by Crippen LogP contribution is 2.22. The predicted molar refractivity (Wildman–Crippen MR) is 80.1 cm³/mol. The monoisotopic (exact) mass is 270 g/mol. The maximum absolute atomic E-state index is 11.3. The van der Waals surface area contributed by atoms with Gasteiger partial charge in [0.05, 0.1) is 6.54 Å². The topological polar surface area (TPSA) is 85.2 Å². The van der Waals surface area contributed by atoms with Crippen LogP contribution in [0.5, 0.6) is 0 Å². The van der Waals surface area contributed by atoms with Gasteiger partial charge in [0.1, 0.15) is 0 Å². The number of benzene rings is 1. The maximum atomic E-state index is 11.3. The zero-order valence-corrected chi connectivity index (χ0v) is 11.4. The number of nitrogen functional groups attached to an aromatic ring is 1. The lowest BCUT2D eigenvalue weighted by Gasteiger charge is -2.25. The number of pyridine rings is 1. The first-order valence-electron chi connectivity index (χ1n) is 6.35. The Balaban J connectivity index is 2.32. The van der Waals surface area contributed by atoms with E-state index >= 15 is 0 Å². The minimum Gasteiger partial charge on any atom is -0.398 e. The highest BCUT2D eigenvalue weighted by Gasteiger charge is 2.13. The summed E-state index contributed by atoms with van der Waals surface area (Å²) < 4.78 is 0. The Hall–Kier alpha value is -2.56. The molecule has 1 amide bonds. The van der Waals surface area contributed by atoms with Gasteiger partial charge in [0.2, 0.25) is 5.91 Å². The van der Waals surface area contributed by atoms with E-state index in [0.717, 1.165) is 16.8 Å². The number of carbonyl (C=O) groups excluding carboxylic acids is 1. The summed E-state index contributed by atoms with van der Waals surface area (Å²) in [4.78, 5) is 17.3. The molecule has 0 saturated heterocycles. The van der Waals surface area contributed by atoms with Crippen molar-refractivity contribution in [2.75, 3.05) is 17.2 Å². The zero-order chi connectivity index (χ0) is 14.5. The van der Waals surface area contributed by atoms with Crippen LogP contribution in [-0.4, -0.2) is 17.4 Å². The van der Waals surface area contributed by atoms with Crippen LogP contribution in [0.1, 0.15) is 11.1 Å². The third-order valence-corrected chi connectivity index (χ3v) is 3.09. The van der Waals surface area contributed by atoms with Crippen molar-refractivity contribution in [3.63, 3.8) is 0 Å². The molecule has 0 spiro atoms. The lowest BCUT2D eigenvalue weighted by molar-refractivity contribution is -0.116. The van der Waals surface area contributed by atoms with Crippen molar-refractivity contribution in [2.24, 2.45) is 5.73 Å². The van der Waals surface area contributed by atoms with Crippen LogP contribution in [0.25, 0.3) is 0 Å². The van der Waals surface area contributed by atoms with Crippen molar-refractivity contribution in [3.8, 4) is 0 Å². The van der Waals surface area contributed by atoms with E-state index in [1.54, 1.807) is 12.4 Å². The van der Waals surface area contributed by atoms with Crippen LogP contribution >= 0.6 is 0 Å². The molecule has 0 saturated carbocycles. The number of nitrogens with zero attached hydrogens (tertiary/aromatic N) is 2. The maximum Gasteiger partial charge on any atom is 0.236 e. The Labute approximate surface area is 118 Å². The van der Waals surface area contributed by atoms with E-state index in [0.29, 0.717) is 12.2 Å². The van der Waals surface area contributed by atoms with Gasteiger partial charge >= 0.3 is 0 Å². The fourth-order valence-corrected chi connectivity index (χ4v) is 2.12. The van der Waals surface area contributed by atoms with Gasteiger partial charge in [-0.05, 0) is 30.2 Å². The summed E-state index contributed by atoms with van der Waals surface area (Å²) in [5.74, 6) is -0.379. The average Bonchev–Trinajstić information content (AvgIpc) is 2.40. The van der Waals surface area contributed by atoms with Crippen LogP contribution in [0.4, 0.5) is 11.4 Å². The number of primary amides is 1. The number of para-hydroxylation sites is 1. The molecular weight excluding hydrogens is 252 g/mol. The highest BCUT2D eigenvalue weighted by molar-refractivity contribution is 5.80. The van der Waals surface area contributed by atoms with Crippen LogP contribution in [0.2, 0.25) is 0 Å². The number of anilines is 2. The van der Waals surface area contributed by atoms with Gasteiger partial charge in [-0.1, -0.05) is 18.2 Å². The van der Waals surface area contributed by atoms with Gasteiger partial charge in [0.25, 0.3) is 0 Å². The van der Waals surface area contributed by atoms with Crippen molar-refractivity contribution in [2.45, 2.75) is 13.5 Å². The van der Waals surface area contributed by atoms with Crippen molar-refractivity contribution < 1.29 is 4.79 Å².